The Labute approximate surface area is 177 Å². The second kappa shape index (κ2) is 7.68. The molecule has 1 saturated heterocycles. The molecule has 2 aromatic carbocycles. The van der Waals surface area contributed by atoms with Gasteiger partial charge in [-0.25, -0.2) is 9.18 Å². The number of amides is 2. The summed E-state index contributed by atoms with van der Waals surface area (Å²) in [6.07, 6.45) is 0.778. The summed E-state index contributed by atoms with van der Waals surface area (Å²) >= 11 is 0. The first-order valence-corrected chi connectivity index (χ1v) is 10.4. The average molecular weight is 423 g/mol. The van der Waals surface area contributed by atoms with Crippen molar-refractivity contribution in [3.63, 3.8) is 0 Å². The Morgan fingerprint density at radius 2 is 1.65 bits per heavy atom. The first kappa shape index (κ1) is 19.5. The Bertz CT molecular complexity index is 1190. The first-order chi connectivity index (χ1) is 15.0. The van der Waals surface area contributed by atoms with Gasteiger partial charge in [0, 0.05) is 32.1 Å². The highest BCUT2D eigenvalue weighted by Crippen LogP contribution is 2.48. The Balaban J connectivity index is 1.17. The van der Waals surface area contributed by atoms with Crippen molar-refractivity contribution in [1.29, 1.82) is 0 Å². The summed E-state index contributed by atoms with van der Waals surface area (Å²) in [6.45, 7) is 1.72. The lowest BCUT2D eigenvalue weighted by molar-refractivity contribution is -0.140. The van der Waals surface area contributed by atoms with E-state index in [1.54, 1.807) is 46.2 Å². The van der Waals surface area contributed by atoms with Crippen molar-refractivity contribution in [3.05, 3.63) is 70.5 Å². The van der Waals surface area contributed by atoms with Crippen molar-refractivity contribution >= 4 is 22.9 Å². The SMILES string of the molecule is O=C(Cn1c(=O)oc2ccccc21)N1CCN(C(=O)C2CC2c2ccc(F)cc2)CC1. The Morgan fingerprint density at radius 1 is 0.968 bits per heavy atom. The molecule has 1 aliphatic heterocycles. The van der Waals surface area contributed by atoms with Crippen molar-refractivity contribution in [2.75, 3.05) is 26.2 Å². The Kier molecular flexibility index (Phi) is 4.84. The predicted molar refractivity (Wildman–Crippen MR) is 111 cm³/mol. The van der Waals surface area contributed by atoms with E-state index in [0.29, 0.717) is 37.3 Å². The Hall–Kier alpha value is -3.42. The zero-order chi connectivity index (χ0) is 21.5. The predicted octanol–water partition coefficient (Wildman–Crippen LogP) is 2.21. The molecular formula is C23H22FN3O4. The molecule has 2 heterocycles. The van der Waals surface area contributed by atoms with Crippen molar-refractivity contribution in [2.24, 2.45) is 5.92 Å². The fourth-order valence-electron chi connectivity index (χ4n) is 4.36. The van der Waals surface area contributed by atoms with Crippen LogP contribution in [0.3, 0.4) is 0 Å². The monoisotopic (exact) mass is 423 g/mol. The third kappa shape index (κ3) is 3.73. The number of hydrogen-bond donors (Lipinski definition) is 0. The molecule has 8 heteroatoms. The minimum atomic E-state index is -0.552. The lowest BCUT2D eigenvalue weighted by Gasteiger charge is -2.35. The van der Waals surface area contributed by atoms with Crippen LogP contribution in [0.25, 0.3) is 11.1 Å². The van der Waals surface area contributed by atoms with Gasteiger partial charge in [-0.2, -0.15) is 0 Å². The number of carbonyl (C=O) groups is 2. The molecule has 0 spiro atoms. The smallest absolute Gasteiger partial charge is 0.408 e. The van der Waals surface area contributed by atoms with E-state index < -0.39 is 5.76 Å². The Morgan fingerprint density at radius 3 is 2.39 bits per heavy atom. The molecule has 1 saturated carbocycles. The number of halogens is 1. The molecule has 2 aliphatic rings. The molecule has 31 heavy (non-hydrogen) atoms. The average Bonchev–Trinajstić information content (AvgIpc) is 3.52. The van der Waals surface area contributed by atoms with E-state index in [-0.39, 0.29) is 36.0 Å². The second-order valence-electron chi connectivity index (χ2n) is 8.13. The maximum Gasteiger partial charge on any atom is 0.420 e. The first-order valence-electron chi connectivity index (χ1n) is 10.4. The van der Waals surface area contributed by atoms with E-state index >= 15 is 0 Å². The number of hydrogen-bond acceptors (Lipinski definition) is 4. The van der Waals surface area contributed by atoms with Gasteiger partial charge in [0.05, 0.1) is 5.52 Å². The fourth-order valence-corrected chi connectivity index (χ4v) is 4.36. The quantitative estimate of drug-likeness (QED) is 0.645. The number of rotatable bonds is 4. The second-order valence-corrected chi connectivity index (χ2v) is 8.13. The van der Waals surface area contributed by atoms with E-state index in [9.17, 15) is 18.8 Å². The molecule has 1 aliphatic carbocycles. The molecule has 5 rings (SSSR count). The highest BCUT2D eigenvalue weighted by atomic mass is 19.1. The van der Waals surface area contributed by atoms with Crippen LogP contribution in [-0.4, -0.2) is 52.4 Å². The normalized spacial score (nSPS) is 20.8. The minimum Gasteiger partial charge on any atom is -0.408 e. The van der Waals surface area contributed by atoms with Crippen LogP contribution in [0, 0.1) is 11.7 Å². The summed E-state index contributed by atoms with van der Waals surface area (Å²) in [5.41, 5.74) is 2.04. The number of nitrogens with zero attached hydrogens (tertiary/aromatic N) is 3. The number of fused-ring (bicyclic) bond motifs is 1. The molecule has 0 N–H and O–H groups in total. The maximum atomic E-state index is 13.1. The molecule has 2 atom stereocenters. The topological polar surface area (TPSA) is 75.8 Å². The summed E-state index contributed by atoms with van der Waals surface area (Å²) in [7, 11) is 0. The lowest BCUT2D eigenvalue weighted by atomic mass is 10.1. The number of benzene rings is 2. The summed E-state index contributed by atoms with van der Waals surface area (Å²) in [5, 5.41) is 0. The van der Waals surface area contributed by atoms with Crippen LogP contribution in [0.15, 0.2) is 57.7 Å². The van der Waals surface area contributed by atoms with Gasteiger partial charge in [0.15, 0.2) is 5.58 Å². The summed E-state index contributed by atoms with van der Waals surface area (Å²) < 4.78 is 19.6. The third-order valence-electron chi connectivity index (χ3n) is 6.22. The van der Waals surface area contributed by atoms with Gasteiger partial charge in [-0.05, 0) is 42.2 Å². The summed E-state index contributed by atoms with van der Waals surface area (Å²) in [4.78, 5) is 41.1. The summed E-state index contributed by atoms with van der Waals surface area (Å²) in [5.74, 6) is -0.824. The largest absolute Gasteiger partial charge is 0.420 e. The number of oxazole rings is 1. The van der Waals surface area contributed by atoms with Gasteiger partial charge in [-0.15, -0.1) is 0 Å². The lowest BCUT2D eigenvalue weighted by Crippen LogP contribution is -2.52. The molecule has 2 unspecified atom stereocenters. The van der Waals surface area contributed by atoms with Crippen LogP contribution >= 0.6 is 0 Å². The molecule has 2 fully saturated rings. The number of carbonyl (C=O) groups excluding carboxylic acids is 2. The number of piperazine rings is 1. The molecule has 3 aromatic rings. The van der Waals surface area contributed by atoms with E-state index in [4.69, 9.17) is 4.42 Å². The fraction of sp³-hybridized carbons (Fsp3) is 0.348. The van der Waals surface area contributed by atoms with Crippen LogP contribution in [0.4, 0.5) is 4.39 Å². The van der Waals surface area contributed by atoms with Gasteiger partial charge in [-0.3, -0.25) is 14.2 Å². The van der Waals surface area contributed by atoms with E-state index in [1.807, 2.05) is 0 Å². The van der Waals surface area contributed by atoms with Gasteiger partial charge in [-0.1, -0.05) is 24.3 Å². The standard InChI is InChI=1S/C23H22FN3O4/c24-16-7-5-15(6-8-16)17-13-18(17)22(29)26-11-9-25(10-12-26)21(28)14-27-19-3-1-2-4-20(19)31-23(27)30/h1-8,17-18H,9-14H2. The maximum absolute atomic E-state index is 13.1. The van der Waals surface area contributed by atoms with Crippen LogP contribution in [-0.2, 0) is 16.1 Å². The molecular weight excluding hydrogens is 401 g/mol. The van der Waals surface area contributed by atoms with E-state index in [2.05, 4.69) is 0 Å². The van der Waals surface area contributed by atoms with Crippen LogP contribution in [0.5, 0.6) is 0 Å². The molecule has 1 aromatic heterocycles. The van der Waals surface area contributed by atoms with Gasteiger partial charge >= 0.3 is 5.76 Å². The van der Waals surface area contributed by atoms with Crippen LogP contribution in [0.2, 0.25) is 0 Å². The van der Waals surface area contributed by atoms with Crippen molar-refractivity contribution < 1.29 is 18.4 Å². The van der Waals surface area contributed by atoms with Crippen molar-refractivity contribution in [1.82, 2.24) is 14.4 Å². The van der Waals surface area contributed by atoms with Gasteiger partial charge in [0.2, 0.25) is 11.8 Å². The highest BCUT2D eigenvalue weighted by molar-refractivity contribution is 5.84. The van der Waals surface area contributed by atoms with Gasteiger partial charge in [0.1, 0.15) is 12.4 Å². The van der Waals surface area contributed by atoms with Gasteiger partial charge in [0.25, 0.3) is 0 Å². The molecule has 2 amide bonds. The van der Waals surface area contributed by atoms with Crippen LogP contribution < -0.4 is 5.76 Å². The summed E-state index contributed by atoms with van der Waals surface area (Å²) in [6, 6.07) is 13.3. The molecule has 160 valence electrons. The van der Waals surface area contributed by atoms with Gasteiger partial charge < -0.3 is 14.2 Å². The van der Waals surface area contributed by atoms with E-state index in [0.717, 1.165) is 12.0 Å². The molecule has 7 nitrogen and oxygen atoms in total. The van der Waals surface area contributed by atoms with Crippen molar-refractivity contribution in [3.8, 4) is 0 Å². The zero-order valence-electron chi connectivity index (χ0n) is 16.9. The number of aromatic nitrogens is 1. The number of para-hydroxylation sites is 2. The molecule has 0 bridgehead atoms. The minimum absolute atomic E-state index is 0.0661. The van der Waals surface area contributed by atoms with Crippen LogP contribution in [0.1, 0.15) is 17.9 Å². The van der Waals surface area contributed by atoms with Crippen molar-refractivity contribution in [2.45, 2.75) is 18.9 Å². The third-order valence-corrected chi connectivity index (χ3v) is 6.22. The zero-order valence-corrected chi connectivity index (χ0v) is 16.9. The van der Waals surface area contributed by atoms with E-state index in [1.165, 1.54) is 16.7 Å². The molecule has 0 radical (unpaired) electrons. The highest BCUT2D eigenvalue weighted by Gasteiger charge is 2.46.